The Hall–Kier alpha value is -1.45. The van der Waals surface area contributed by atoms with Crippen LogP contribution in [0.25, 0.3) is 5.78 Å². The number of hydrogen-bond acceptors (Lipinski definition) is 3. The van der Waals surface area contributed by atoms with E-state index < -0.39 is 0 Å². The fraction of sp³-hybridized carbons (Fsp3) is 0.615. The molecular formula is C13H20N4. The third-order valence-corrected chi connectivity index (χ3v) is 2.77. The summed E-state index contributed by atoms with van der Waals surface area (Å²) in [6, 6.07) is 0. The Kier molecular flexibility index (Phi) is 2.49. The van der Waals surface area contributed by atoms with Crippen LogP contribution in [0.15, 0.2) is 12.4 Å². The molecule has 2 aromatic rings. The van der Waals surface area contributed by atoms with Crippen LogP contribution in [0.5, 0.6) is 0 Å². The molecule has 0 aliphatic rings. The third-order valence-electron chi connectivity index (χ3n) is 2.77. The average molecular weight is 232 g/mol. The molecule has 4 nitrogen and oxygen atoms in total. The molecule has 2 rings (SSSR count). The van der Waals surface area contributed by atoms with Gasteiger partial charge in [0.2, 0.25) is 0 Å². The van der Waals surface area contributed by atoms with E-state index >= 15 is 0 Å². The minimum absolute atomic E-state index is 0.000609. The lowest BCUT2D eigenvalue weighted by molar-refractivity contribution is 0.519. The summed E-state index contributed by atoms with van der Waals surface area (Å²) in [5.74, 6) is 0.669. The van der Waals surface area contributed by atoms with Gasteiger partial charge in [-0.05, 0) is 0 Å². The standard InChI is InChI=1S/C13H20N4/c1-12(2,3)9-7-14-11-15-8-10(13(4,5)6)17(11)16-9/h7-8H,1-6H3. The number of imidazole rings is 1. The van der Waals surface area contributed by atoms with E-state index in [4.69, 9.17) is 0 Å². The highest BCUT2D eigenvalue weighted by Crippen LogP contribution is 2.24. The SMILES string of the molecule is CC(C)(C)c1cnc2ncc(C(C)(C)C)n2n1. The van der Waals surface area contributed by atoms with Gasteiger partial charge in [-0.25, -0.2) is 14.5 Å². The second-order valence-corrected chi connectivity index (χ2v) is 6.50. The molecule has 92 valence electrons. The second kappa shape index (κ2) is 3.52. The zero-order valence-electron chi connectivity index (χ0n) is 11.4. The zero-order valence-corrected chi connectivity index (χ0v) is 11.4. The van der Waals surface area contributed by atoms with Crippen molar-refractivity contribution in [2.45, 2.75) is 52.4 Å². The first kappa shape index (κ1) is 12.0. The van der Waals surface area contributed by atoms with E-state index in [2.05, 4.69) is 56.6 Å². The quantitative estimate of drug-likeness (QED) is 0.701. The van der Waals surface area contributed by atoms with E-state index in [1.165, 1.54) is 0 Å². The summed E-state index contributed by atoms with van der Waals surface area (Å²) in [5, 5.41) is 4.66. The van der Waals surface area contributed by atoms with E-state index in [0.717, 1.165) is 11.4 Å². The molecule has 4 heteroatoms. The summed E-state index contributed by atoms with van der Waals surface area (Å²) in [4.78, 5) is 8.67. The van der Waals surface area contributed by atoms with Gasteiger partial charge in [0.1, 0.15) is 0 Å². The van der Waals surface area contributed by atoms with Crippen LogP contribution < -0.4 is 0 Å². The molecule has 0 aliphatic carbocycles. The lowest BCUT2D eigenvalue weighted by Gasteiger charge is -2.20. The fourth-order valence-electron chi connectivity index (χ4n) is 1.63. The van der Waals surface area contributed by atoms with Gasteiger partial charge in [0.15, 0.2) is 0 Å². The third kappa shape index (κ3) is 2.16. The number of hydrogen-bond donors (Lipinski definition) is 0. The summed E-state index contributed by atoms with van der Waals surface area (Å²) in [6.45, 7) is 12.9. The van der Waals surface area contributed by atoms with Crippen LogP contribution in [0.4, 0.5) is 0 Å². The maximum absolute atomic E-state index is 4.66. The molecule has 0 N–H and O–H groups in total. The van der Waals surface area contributed by atoms with Crippen LogP contribution in [-0.2, 0) is 10.8 Å². The molecule has 0 aromatic carbocycles. The predicted octanol–water partition coefficient (Wildman–Crippen LogP) is 2.72. The monoisotopic (exact) mass is 232 g/mol. The molecule has 0 fully saturated rings. The van der Waals surface area contributed by atoms with Gasteiger partial charge in [-0.1, -0.05) is 41.5 Å². The molecule has 0 bridgehead atoms. The van der Waals surface area contributed by atoms with E-state index in [-0.39, 0.29) is 10.8 Å². The van der Waals surface area contributed by atoms with Gasteiger partial charge in [-0.15, -0.1) is 0 Å². The zero-order chi connectivity index (χ0) is 12.8. The second-order valence-electron chi connectivity index (χ2n) is 6.50. The fourth-order valence-corrected chi connectivity index (χ4v) is 1.63. The highest BCUT2D eigenvalue weighted by molar-refractivity contribution is 5.32. The first-order valence-corrected chi connectivity index (χ1v) is 5.91. The van der Waals surface area contributed by atoms with Crippen LogP contribution >= 0.6 is 0 Å². The van der Waals surface area contributed by atoms with Crippen LogP contribution in [0.1, 0.15) is 52.9 Å². The predicted molar refractivity (Wildman–Crippen MR) is 68.2 cm³/mol. The van der Waals surface area contributed by atoms with Crippen molar-refractivity contribution < 1.29 is 0 Å². The largest absolute Gasteiger partial charge is 0.250 e. The van der Waals surface area contributed by atoms with Gasteiger partial charge in [0.25, 0.3) is 5.78 Å². The number of aromatic nitrogens is 4. The van der Waals surface area contributed by atoms with Gasteiger partial charge in [-0.3, -0.25) is 0 Å². The average Bonchev–Trinajstić information content (AvgIpc) is 2.57. The molecule has 0 spiro atoms. The first-order chi connectivity index (χ1) is 7.69. The van der Waals surface area contributed by atoms with Crippen molar-refractivity contribution in [1.29, 1.82) is 0 Å². The Labute approximate surface area is 102 Å². The van der Waals surface area contributed by atoms with E-state index in [0.29, 0.717) is 5.78 Å². The van der Waals surface area contributed by atoms with Crippen molar-refractivity contribution in [2.24, 2.45) is 0 Å². The molecular weight excluding hydrogens is 212 g/mol. The molecule has 0 saturated carbocycles. The Balaban J connectivity index is 2.67. The van der Waals surface area contributed by atoms with Crippen molar-refractivity contribution in [3.05, 3.63) is 23.8 Å². The highest BCUT2D eigenvalue weighted by atomic mass is 15.3. The molecule has 0 unspecified atom stereocenters. The number of rotatable bonds is 0. The molecule has 17 heavy (non-hydrogen) atoms. The highest BCUT2D eigenvalue weighted by Gasteiger charge is 2.22. The topological polar surface area (TPSA) is 43.1 Å². The number of fused-ring (bicyclic) bond motifs is 1. The van der Waals surface area contributed by atoms with Crippen LogP contribution in [0.3, 0.4) is 0 Å². The van der Waals surface area contributed by atoms with Crippen LogP contribution in [0, 0.1) is 0 Å². The van der Waals surface area contributed by atoms with Crippen molar-refractivity contribution in [1.82, 2.24) is 19.6 Å². The summed E-state index contributed by atoms with van der Waals surface area (Å²) >= 11 is 0. The summed E-state index contributed by atoms with van der Waals surface area (Å²) in [6.07, 6.45) is 3.68. The first-order valence-electron chi connectivity index (χ1n) is 5.91. The Morgan fingerprint density at radius 2 is 1.47 bits per heavy atom. The maximum atomic E-state index is 4.66. The molecule has 0 radical (unpaired) electrons. The summed E-state index contributed by atoms with van der Waals surface area (Å²) < 4.78 is 1.86. The van der Waals surface area contributed by atoms with Crippen molar-refractivity contribution in [2.75, 3.05) is 0 Å². The smallest absolute Gasteiger partial charge is 0.218 e. The van der Waals surface area contributed by atoms with Crippen LogP contribution in [-0.4, -0.2) is 19.6 Å². The van der Waals surface area contributed by atoms with Crippen LogP contribution in [0.2, 0.25) is 0 Å². The van der Waals surface area contributed by atoms with Crippen molar-refractivity contribution in [3.8, 4) is 0 Å². The molecule has 0 aliphatic heterocycles. The minimum Gasteiger partial charge on any atom is -0.218 e. The Morgan fingerprint density at radius 3 is 2.00 bits per heavy atom. The molecule has 2 heterocycles. The maximum Gasteiger partial charge on any atom is 0.250 e. The van der Waals surface area contributed by atoms with Gasteiger partial charge >= 0.3 is 0 Å². The number of nitrogens with zero attached hydrogens (tertiary/aromatic N) is 4. The Bertz CT molecular complexity index is 541. The Morgan fingerprint density at radius 1 is 0.882 bits per heavy atom. The van der Waals surface area contributed by atoms with E-state index in [1.807, 2.05) is 16.9 Å². The van der Waals surface area contributed by atoms with Gasteiger partial charge in [0, 0.05) is 10.8 Å². The lowest BCUT2D eigenvalue weighted by atomic mass is 9.92. The van der Waals surface area contributed by atoms with Crippen molar-refractivity contribution >= 4 is 5.78 Å². The normalized spacial score (nSPS) is 13.3. The van der Waals surface area contributed by atoms with E-state index in [9.17, 15) is 0 Å². The van der Waals surface area contributed by atoms with Crippen molar-refractivity contribution in [3.63, 3.8) is 0 Å². The summed E-state index contributed by atoms with van der Waals surface area (Å²) in [5.41, 5.74) is 2.09. The molecule has 2 aromatic heterocycles. The molecule has 0 amide bonds. The van der Waals surface area contributed by atoms with E-state index in [1.54, 1.807) is 0 Å². The molecule has 0 atom stereocenters. The lowest BCUT2D eigenvalue weighted by Crippen LogP contribution is -2.20. The van der Waals surface area contributed by atoms with Gasteiger partial charge in [-0.2, -0.15) is 5.10 Å². The summed E-state index contributed by atoms with van der Waals surface area (Å²) in [7, 11) is 0. The van der Waals surface area contributed by atoms with Gasteiger partial charge < -0.3 is 0 Å². The van der Waals surface area contributed by atoms with Gasteiger partial charge in [0.05, 0.1) is 23.8 Å². The minimum atomic E-state index is 0.000609. The molecule has 0 saturated heterocycles.